The van der Waals surface area contributed by atoms with Crippen molar-refractivity contribution in [3.63, 3.8) is 0 Å². The Morgan fingerprint density at radius 2 is 2.31 bits per heavy atom. The summed E-state index contributed by atoms with van der Waals surface area (Å²) in [6, 6.07) is 0.617. The van der Waals surface area contributed by atoms with Crippen molar-refractivity contribution in [1.29, 1.82) is 0 Å². The number of likely N-dealkylation sites (N-methyl/N-ethyl adjacent to an activating group) is 1. The molecule has 2 saturated heterocycles. The van der Waals surface area contributed by atoms with E-state index in [0.29, 0.717) is 17.7 Å². The summed E-state index contributed by atoms with van der Waals surface area (Å²) in [5, 5.41) is 3.71. The largest absolute Gasteiger partial charge is 0.377 e. The first-order valence-electron chi connectivity index (χ1n) is 6.74. The van der Waals surface area contributed by atoms with Gasteiger partial charge in [0.2, 0.25) is 0 Å². The topological polar surface area (TPSA) is 24.5 Å². The molecule has 0 aliphatic carbocycles. The van der Waals surface area contributed by atoms with E-state index in [1.54, 1.807) is 0 Å². The minimum absolute atomic E-state index is 0.372. The van der Waals surface area contributed by atoms with E-state index < -0.39 is 0 Å². The molecule has 0 amide bonds. The van der Waals surface area contributed by atoms with Crippen LogP contribution in [0.1, 0.15) is 39.5 Å². The highest BCUT2D eigenvalue weighted by Crippen LogP contribution is 2.27. The predicted octanol–water partition coefficient (Wildman–Crippen LogP) is 1.63. The second-order valence-electron chi connectivity index (χ2n) is 5.51. The highest BCUT2D eigenvalue weighted by atomic mass is 16.5. The third-order valence-corrected chi connectivity index (χ3v) is 4.46. The van der Waals surface area contributed by atoms with E-state index in [9.17, 15) is 0 Å². The van der Waals surface area contributed by atoms with Crippen molar-refractivity contribution >= 4 is 0 Å². The first-order chi connectivity index (χ1) is 7.67. The number of nitrogens with zero attached hydrogens (tertiary/aromatic N) is 1. The van der Waals surface area contributed by atoms with E-state index in [0.717, 1.165) is 6.61 Å². The number of hydrogen-bond donors (Lipinski definition) is 1. The van der Waals surface area contributed by atoms with Gasteiger partial charge >= 0.3 is 0 Å². The molecular weight excluding hydrogens is 200 g/mol. The van der Waals surface area contributed by atoms with Crippen molar-refractivity contribution in [2.75, 3.05) is 26.7 Å². The Bertz CT molecular complexity index is 226. The molecule has 3 nitrogen and oxygen atoms in total. The van der Waals surface area contributed by atoms with Crippen LogP contribution < -0.4 is 5.32 Å². The SMILES string of the molecule is CCC1(CN(C)C2CCOC2C)CCCN1. The molecule has 3 heteroatoms. The average Bonchev–Trinajstić information content (AvgIpc) is 2.87. The normalized spacial score (nSPS) is 39.8. The summed E-state index contributed by atoms with van der Waals surface area (Å²) >= 11 is 0. The van der Waals surface area contributed by atoms with E-state index in [1.807, 2.05) is 0 Å². The van der Waals surface area contributed by atoms with Gasteiger partial charge in [-0.15, -0.1) is 0 Å². The Morgan fingerprint density at radius 3 is 2.81 bits per heavy atom. The van der Waals surface area contributed by atoms with Gasteiger partial charge in [-0.2, -0.15) is 0 Å². The van der Waals surface area contributed by atoms with Gasteiger partial charge in [0.25, 0.3) is 0 Å². The van der Waals surface area contributed by atoms with E-state index in [4.69, 9.17) is 4.74 Å². The van der Waals surface area contributed by atoms with Crippen molar-refractivity contribution in [2.24, 2.45) is 0 Å². The van der Waals surface area contributed by atoms with Crippen LogP contribution in [0.5, 0.6) is 0 Å². The molecule has 2 aliphatic rings. The van der Waals surface area contributed by atoms with Crippen LogP contribution in [0.25, 0.3) is 0 Å². The summed E-state index contributed by atoms with van der Waals surface area (Å²) < 4.78 is 5.66. The zero-order valence-corrected chi connectivity index (χ0v) is 11.0. The van der Waals surface area contributed by atoms with Crippen molar-refractivity contribution in [2.45, 2.75) is 57.2 Å². The van der Waals surface area contributed by atoms with E-state index in [2.05, 4.69) is 31.1 Å². The van der Waals surface area contributed by atoms with Crippen LogP contribution >= 0.6 is 0 Å². The summed E-state index contributed by atoms with van der Waals surface area (Å²) in [5.74, 6) is 0. The lowest BCUT2D eigenvalue weighted by molar-refractivity contribution is 0.0726. The lowest BCUT2D eigenvalue weighted by Crippen LogP contribution is -2.52. The molecule has 0 saturated carbocycles. The molecule has 94 valence electrons. The molecule has 0 aromatic heterocycles. The zero-order chi connectivity index (χ0) is 11.6. The average molecular weight is 226 g/mol. The molecule has 2 aliphatic heterocycles. The quantitative estimate of drug-likeness (QED) is 0.788. The molecule has 1 N–H and O–H groups in total. The molecule has 0 aromatic rings. The van der Waals surface area contributed by atoms with E-state index >= 15 is 0 Å². The van der Waals surface area contributed by atoms with E-state index in [1.165, 1.54) is 38.8 Å². The Balaban J connectivity index is 1.92. The Morgan fingerprint density at radius 1 is 1.50 bits per heavy atom. The lowest BCUT2D eigenvalue weighted by Gasteiger charge is -2.36. The summed E-state index contributed by atoms with van der Waals surface area (Å²) in [4.78, 5) is 2.51. The third kappa shape index (κ3) is 2.41. The van der Waals surface area contributed by atoms with Gasteiger partial charge in [-0.1, -0.05) is 6.92 Å². The van der Waals surface area contributed by atoms with Crippen LogP contribution in [0.4, 0.5) is 0 Å². The molecule has 0 bridgehead atoms. The predicted molar refractivity (Wildman–Crippen MR) is 66.7 cm³/mol. The van der Waals surface area contributed by atoms with Gasteiger partial charge < -0.3 is 10.1 Å². The maximum Gasteiger partial charge on any atom is 0.0702 e. The van der Waals surface area contributed by atoms with Gasteiger partial charge in [0.15, 0.2) is 0 Å². The Kier molecular flexibility index (Phi) is 3.88. The fraction of sp³-hybridized carbons (Fsp3) is 1.00. The van der Waals surface area contributed by atoms with Crippen LogP contribution in [0.15, 0.2) is 0 Å². The molecule has 3 atom stereocenters. The van der Waals surface area contributed by atoms with Crippen LogP contribution in [0.3, 0.4) is 0 Å². The standard InChI is InChI=1S/C13H26N2O/c1-4-13(7-5-8-14-13)10-15(3)12-6-9-16-11(12)2/h11-12,14H,4-10H2,1-3H3. The molecule has 16 heavy (non-hydrogen) atoms. The van der Waals surface area contributed by atoms with Gasteiger partial charge in [-0.25, -0.2) is 0 Å². The van der Waals surface area contributed by atoms with Crippen LogP contribution in [0, 0.1) is 0 Å². The maximum absolute atomic E-state index is 5.66. The van der Waals surface area contributed by atoms with Gasteiger partial charge in [0.1, 0.15) is 0 Å². The van der Waals surface area contributed by atoms with Crippen molar-refractivity contribution in [3.8, 4) is 0 Å². The number of ether oxygens (including phenoxy) is 1. The number of nitrogens with one attached hydrogen (secondary N) is 1. The van der Waals surface area contributed by atoms with Crippen molar-refractivity contribution < 1.29 is 4.74 Å². The van der Waals surface area contributed by atoms with Crippen LogP contribution in [-0.4, -0.2) is 49.3 Å². The zero-order valence-electron chi connectivity index (χ0n) is 11.0. The molecular formula is C13H26N2O. The Hall–Kier alpha value is -0.120. The second kappa shape index (κ2) is 5.03. The monoisotopic (exact) mass is 226 g/mol. The summed E-state index contributed by atoms with van der Waals surface area (Å²) in [7, 11) is 2.26. The van der Waals surface area contributed by atoms with Crippen LogP contribution in [-0.2, 0) is 4.74 Å². The fourth-order valence-electron chi connectivity index (χ4n) is 3.31. The van der Waals surface area contributed by atoms with Gasteiger partial charge in [-0.3, -0.25) is 4.90 Å². The smallest absolute Gasteiger partial charge is 0.0702 e. The third-order valence-electron chi connectivity index (χ3n) is 4.46. The van der Waals surface area contributed by atoms with Crippen molar-refractivity contribution in [3.05, 3.63) is 0 Å². The highest BCUT2D eigenvalue weighted by Gasteiger charge is 2.36. The van der Waals surface area contributed by atoms with Gasteiger partial charge in [-0.05, 0) is 46.2 Å². The lowest BCUT2D eigenvalue weighted by atomic mass is 9.92. The highest BCUT2D eigenvalue weighted by molar-refractivity contribution is 4.96. The molecule has 2 rings (SSSR count). The molecule has 2 heterocycles. The second-order valence-corrected chi connectivity index (χ2v) is 5.51. The van der Waals surface area contributed by atoms with Crippen molar-refractivity contribution in [1.82, 2.24) is 10.2 Å². The number of hydrogen-bond acceptors (Lipinski definition) is 3. The molecule has 0 aromatic carbocycles. The van der Waals surface area contributed by atoms with Gasteiger partial charge in [0.05, 0.1) is 6.10 Å². The minimum atomic E-state index is 0.372. The fourth-order valence-corrected chi connectivity index (χ4v) is 3.31. The first kappa shape index (κ1) is 12.3. The molecule has 3 unspecified atom stereocenters. The summed E-state index contributed by atoms with van der Waals surface area (Å²) in [6.07, 6.45) is 5.49. The summed E-state index contributed by atoms with van der Waals surface area (Å²) in [5.41, 5.74) is 0.372. The first-order valence-corrected chi connectivity index (χ1v) is 6.74. The molecule has 0 spiro atoms. The maximum atomic E-state index is 5.66. The summed E-state index contributed by atoms with van der Waals surface area (Å²) in [6.45, 7) is 7.80. The molecule has 2 fully saturated rings. The van der Waals surface area contributed by atoms with Crippen LogP contribution in [0.2, 0.25) is 0 Å². The minimum Gasteiger partial charge on any atom is -0.377 e. The molecule has 0 radical (unpaired) electrons. The van der Waals surface area contributed by atoms with E-state index in [-0.39, 0.29) is 0 Å². The number of rotatable bonds is 4. The Labute approximate surface area is 99.5 Å². The van der Waals surface area contributed by atoms with Gasteiger partial charge in [0, 0.05) is 24.7 Å².